The monoisotopic (exact) mass is 461 g/mol. The van der Waals surface area contributed by atoms with E-state index in [1.54, 1.807) is 41.5 Å². The lowest BCUT2D eigenvalue weighted by Crippen LogP contribution is -2.48. The van der Waals surface area contributed by atoms with Gasteiger partial charge in [0, 0.05) is 11.1 Å². The molecule has 0 saturated heterocycles. The van der Waals surface area contributed by atoms with Crippen LogP contribution in [-0.2, 0) is 9.47 Å². The Kier molecular flexibility index (Phi) is 7.31. The molecule has 2 amide bonds. The number of guanidine groups is 1. The fourth-order valence-corrected chi connectivity index (χ4v) is 3.30. The maximum Gasteiger partial charge on any atom is 0.417 e. The third kappa shape index (κ3) is 6.85. The molecule has 0 aliphatic carbocycles. The summed E-state index contributed by atoms with van der Waals surface area (Å²) in [7, 11) is 0. The van der Waals surface area contributed by atoms with Crippen molar-refractivity contribution >= 4 is 18.1 Å². The maximum atomic E-state index is 13.2. The standard InChI is InChI=1S/C27H31N3O4/c1-26(2,3)33-24(31)29-23-28-18-22(30(23)25(32)34-27(4,5)6)21-15-11-10-14-20(21)17-16-19-12-8-7-9-13-19/h7-15,22H,18H2,1-6H3,(H,28,29,31). The lowest BCUT2D eigenvalue weighted by Gasteiger charge is -2.30. The Hall–Kier alpha value is -3.79. The Balaban J connectivity index is 1.94. The van der Waals surface area contributed by atoms with Crippen molar-refractivity contribution in [2.75, 3.05) is 6.54 Å². The third-order valence-electron chi connectivity index (χ3n) is 4.59. The van der Waals surface area contributed by atoms with Crippen molar-refractivity contribution in [1.29, 1.82) is 0 Å². The number of hydrogen-bond donors (Lipinski definition) is 1. The predicted octanol–water partition coefficient (Wildman–Crippen LogP) is 5.26. The van der Waals surface area contributed by atoms with Crippen LogP contribution in [0.15, 0.2) is 59.6 Å². The Bertz CT molecular complexity index is 1130. The van der Waals surface area contributed by atoms with Gasteiger partial charge in [-0.15, -0.1) is 0 Å². The summed E-state index contributed by atoms with van der Waals surface area (Å²) in [4.78, 5) is 31.4. The van der Waals surface area contributed by atoms with E-state index in [0.29, 0.717) is 0 Å². The van der Waals surface area contributed by atoms with Crippen LogP contribution in [0.25, 0.3) is 0 Å². The van der Waals surface area contributed by atoms with Gasteiger partial charge in [0.25, 0.3) is 0 Å². The summed E-state index contributed by atoms with van der Waals surface area (Å²) < 4.78 is 11.0. The van der Waals surface area contributed by atoms with Crippen LogP contribution in [0.4, 0.5) is 9.59 Å². The molecule has 2 aromatic rings. The van der Waals surface area contributed by atoms with Gasteiger partial charge in [0.05, 0.1) is 12.6 Å². The van der Waals surface area contributed by atoms with Gasteiger partial charge >= 0.3 is 12.2 Å². The minimum atomic E-state index is -0.728. The van der Waals surface area contributed by atoms with E-state index in [1.165, 1.54) is 4.90 Å². The molecule has 0 aromatic heterocycles. The van der Waals surface area contributed by atoms with Crippen LogP contribution in [0.1, 0.15) is 64.3 Å². The second-order valence-corrected chi connectivity index (χ2v) is 9.86. The van der Waals surface area contributed by atoms with E-state index in [9.17, 15) is 9.59 Å². The first-order valence-electron chi connectivity index (χ1n) is 11.2. The molecule has 7 heteroatoms. The maximum absolute atomic E-state index is 13.2. The summed E-state index contributed by atoms with van der Waals surface area (Å²) in [6, 6.07) is 16.8. The van der Waals surface area contributed by atoms with Crippen LogP contribution < -0.4 is 5.32 Å². The lowest BCUT2D eigenvalue weighted by atomic mass is 9.99. The summed E-state index contributed by atoms with van der Waals surface area (Å²) in [6.07, 6.45) is -1.31. The highest BCUT2D eigenvalue weighted by Gasteiger charge is 2.39. The zero-order valence-corrected chi connectivity index (χ0v) is 20.5. The average molecular weight is 462 g/mol. The van der Waals surface area contributed by atoms with E-state index < -0.39 is 29.4 Å². The topological polar surface area (TPSA) is 80.2 Å². The van der Waals surface area contributed by atoms with Gasteiger partial charge in [-0.25, -0.2) is 19.5 Å². The molecule has 1 aliphatic heterocycles. The molecule has 0 fully saturated rings. The van der Waals surface area contributed by atoms with Gasteiger partial charge in [-0.3, -0.25) is 5.32 Å². The third-order valence-corrected chi connectivity index (χ3v) is 4.59. The molecule has 1 unspecified atom stereocenters. The van der Waals surface area contributed by atoms with E-state index in [0.717, 1.165) is 16.7 Å². The van der Waals surface area contributed by atoms with Crippen molar-refractivity contribution in [1.82, 2.24) is 10.2 Å². The van der Waals surface area contributed by atoms with E-state index in [4.69, 9.17) is 9.47 Å². The molecule has 34 heavy (non-hydrogen) atoms. The first-order valence-corrected chi connectivity index (χ1v) is 11.2. The quantitative estimate of drug-likeness (QED) is 0.588. The number of carbonyl (C=O) groups excluding carboxylic acids is 2. The molecule has 0 bridgehead atoms. The fourth-order valence-electron chi connectivity index (χ4n) is 3.30. The molecular weight excluding hydrogens is 430 g/mol. The van der Waals surface area contributed by atoms with Crippen molar-refractivity contribution in [3.8, 4) is 11.8 Å². The normalized spacial score (nSPS) is 15.6. The van der Waals surface area contributed by atoms with Gasteiger partial charge in [0.1, 0.15) is 11.2 Å². The van der Waals surface area contributed by atoms with E-state index in [-0.39, 0.29) is 12.5 Å². The molecule has 7 nitrogen and oxygen atoms in total. The summed E-state index contributed by atoms with van der Waals surface area (Å²) in [5.41, 5.74) is 1.03. The SMILES string of the molecule is CC(C)(C)OC(=O)NC1=NCC(c2ccccc2C#Cc2ccccc2)N1C(=O)OC(C)(C)C. The Morgan fingerprint density at radius 2 is 1.53 bits per heavy atom. The van der Waals surface area contributed by atoms with Gasteiger partial charge in [-0.05, 0) is 65.3 Å². The number of nitrogens with zero attached hydrogens (tertiary/aromatic N) is 2. The number of amides is 2. The molecular formula is C27H31N3O4. The number of benzene rings is 2. The smallest absolute Gasteiger partial charge is 0.417 e. The first-order chi connectivity index (χ1) is 15.9. The highest BCUT2D eigenvalue weighted by atomic mass is 16.6. The van der Waals surface area contributed by atoms with Gasteiger partial charge < -0.3 is 9.47 Å². The Labute approximate surface area is 201 Å². The van der Waals surface area contributed by atoms with E-state index in [2.05, 4.69) is 22.2 Å². The molecule has 0 radical (unpaired) electrons. The van der Waals surface area contributed by atoms with Gasteiger partial charge in [-0.1, -0.05) is 48.2 Å². The number of hydrogen-bond acceptors (Lipinski definition) is 5. The number of alkyl carbamates (subject to hydrolysis) is 1. The highest BCUT2D eigenvalue weighted by Crippen LogP contribution is 2.30. The molecule has 1 N–H and O–H groups in total. The van der Waals surface area contributed by atoms with Crippen molar-refractivity contribution in [3.05, 3.63) is 71.3 Å². The van der Waals surface area contributed by atoms with Crippen molar-refractivity contribution < 1.29 is 19.1 Å². The van der Waals surface area contributed by atoms with E-state index >= 15 is 0 Å². The zero-order valence-electron chi connectivity index (χ0n) is 20.5. The van der Waals surface area contributed by atoms with Crippen LogP contribution >= 0.6 is 0 Å². The summed E-state index contributed by atoms with van der Waals surface area (Å²) in [5, 5.41) is 2.61. The van der Waals surface area contributed by atoms with Crippen LogP contribution in [0.2, 0.25) is 0 Å². The van der Waals surface area contributed by atoms with Crippen LogP contribution in [0.5, 0.6) is 0 Å². The van der Waals surface area contributed by atoms with Gasteiger partial charge in [0.2, 0.25) is 5.96 Å². The molecule has 1 heterocycles. The van der Waals surface area contributed by atoms with E-state index in [1.807, 2.05) is 54.6 Å². The molecule has 2 aromatic carbocycles. The fraction of sp³-hybridized carbons (Fsp3) is 0.370. The lowest BCUT2D eigenvalue weighted by molar-refractivity contribution is 0.0321. The molecule has 0 saturated carbocycles. The highest BCUT2D eigenvalue weighted by molar-refractivity contribution is 6.03. The van der Waals surface area contributed by atoms with Crippen molar-refractivity contribution in [2.45, 2.75) is 58.8 Å². The summed E-state index contributed by atoms with van der Waals surface area (Å²) in [6.45, 7) is 10.9. The second kappa shape index (κ2) is 10.0. The Morgan fingerprint density at radius 1 is 0.912 bits per heavy atom. The molecule has 1 atom stereocenters. The largest absolute Gasteiger partial charge is 0.444 e. The average Bonchev–Trinajstić information content (AvgIpc) is 3.14. The number of aliphatic imine (C=N–C) groups is 1. The molecule has 1 aliphatic rings. The minimum absolute atomic E-state index is 0.0827. The van der Waals surface area contributed by atoms with Crippen molar-refractivity contribution in [2.24, 2.45) is 4.99 Å². The number of rotatable bonds is 1. The summed E-state index contributed by atoms with van der Waals surface area (Å²) >= 11 is 0. The van der Waals surface area contributed by atoms with Crippen LogP contribution in [0.3, 0.4) is 0 Å². The second-order valence-electron chi connectivity index (χ2n) is 9.86. The first kappa shape index (κ1) is 24.8. The van der Waals surface area contributed by atoms with Gasteiger partial charge in [-0.2, -0.15) is 0 Å². The zero-order chi connectivity index (χ0) is 24.9. The number of ether oxygens (including phenoxy) is 2. The van der Waals surface area contributed by atoms with Crippen molar-refractivity contribution in [3.63, 3.8) is 0 Å². The summed E-state index contributed by atoms with van der Waals surface area (Å²) in [5.74, 6) is 6.46. The minimum Gasteiger partial charge on any atom is -0.444 e. The molecule has 0 spiro atoms. The number of carbonyl (C=O) groups is 2. The predicted molar refractivity (Wildman–Crippen MR) is 131 cm³/mol. The molecule has 178 valence electrons. The van der Waals surface area contributed by atoms with Gasteiger partial charge in [0.15, 0.2) is 0 Å². The number of nitrogens with one attached hydrogen (secondary N) is 1. The van der Waals surface area contributed by atoms with Crippen LogP contribution in [-0.4, -0.2) is 40.8 Å². The Morgan fingerprint density at radius 3 is 2.18 bits per heavy atom. The molecule has 3 rings (SSSR count). The van der Waals surface area contributed by atoms with Crippen LogP contribution in [0, 0.1) is 11.8 Å².